The van der Waals surface area contributed by atoms with Crippen molar-refractivity contribution < 1.29 is 5.11 Å². The van der Waals surface area contributed by atoms with E-state index in [1.54, 1.807) is 0 Å². The zero-order chi connectivity index (χ0) is 11.2. The highest BCUT2D eigenvalue weighted by molar-refractivity contribution is 4.83. The summed E-state index contributed by atoms with van der Waals surface area (Å²) in [4.78, 5) is 2.70. The van der Waals surface area contributed by atoms with Gasteiger partial charge in [0, 0.05) is 18.6 Å². The molecule has 1 saturated heterocycles. The van der Waals surface area contributed by atoms with E-state index in [2.05, 4.69) is 10.2 Å². The molecule has 1 aliphatic heterocycles. The van der Waals surface area contributed by atoms with Gasteiger partial charge in [-0.3, -0.25) is 0 Å². The van der Waals surface area contributed by atoms with Gasteiger partial charge in [-0.2, -0.15) is 0 Å². The second-order valence-electron chi connectivity index (χ2n) is 5.28. The molecule has 2 rings (SSSR count). The summed E-state index contributed by atoms with van der Waals surface area (Å²) < 4.78 is 0. The Morgan fingerprint density at radius 1 is 1.00 bits per heavy atom. The summed E-state index contributed by atoms with van der Waals surface area (Å²) in [5.41, 5.74) is 0. The molecule has 0 aromatic carbocycles. The lowest BCUT2D eigenvalue weighted by atomic mass is 9.92. The van der Waals surface area contributed by atoms with Crippen molar-refractivity contribution in [1.29, 1.82) is 0 Å². The van der Waals surface area contributed by atoms with Gasteiger partial charge in [0.25, 0.3) is 0 Å². The normalized spacial score (nSPS) is 26.1. The van der Waals surface area contributed by atoms with Crippen molar-refractivity contribution in [3.8, 4) is 0 Å². The predicted octanol–water partition coefficient (Wildman–Crippen LogP) is 1.37. The maximum absolute atomic E-state index is 8.78. The summed E-state index contributed by atoms with van der Waals surface area (Å²) in [5.74, 6) is 0. The fourth-order valence-electron chi connectivity index (χ4n) is 3.18. The first-order valence-corrected chi connectivity index (χ1v) is 6.98. The number of piperidine rings is 1. The molecule has 1 aliphatic carbocycles. The molecule has 2 fully saturated rings. The molecule has 16 heavy (non-hydrogen) atoms. The standard InChI is InChI=1S/C13H26N2O/c16-11-8-14-12-6-9-15(10-7-12)13-4-2-1-3-5-13/h12-14,16H,1-11H2. The maximum Gasteiger partial charge on any atom is 0.0556 e. The van der Waals surface area contributed by atoms with Gasteiger partial charge in [0.05, 0.1) is 6.61 Å². The highest BCUT2D eigenvalue weighted by atomic mass is 16.3. The third-order valence-electron chi connectivity index (χ3n) is 4.17. The Morgan fingerprint density at radius 2 is 1.69 bits per heavy atom. The van der Waals surface area contributed by atoms with Crippen LogP contribution in [0.3, 0.4) is 0 Å². The Balaban J connectivity index is 1.67. The summed E-state index contributed by atoms with van der Waals surface area (Å²) in [6, 6.07) is 1.53. The fraction of sp³-hybridized carbons (Fsp3) is 1.00. The van der Waals surface area contributed by atoms with Gasteiger partial charge in [-0.1, -0.05) is 19.3 Å². The van der Waals surface area contributed by atoms with Gasteiger partial charge in [-0.15, -0.1) is 0 Å². The van der Waals surface area contributed by atoms with E-state index in [0.29, 0.717) is 6.04 Å². The molecule has 3 nitrogen and oxygen atoms in total. The van der Waals surface area contributed by atoms with Crippen LogP contribution in [0, 0.1) is 0 Å². The van der Waals surface area contributed by atoms with E-state index < -0.39 is 0 Å². The van der Waals surface area contributed by atoms with Crippen LogP contribution in [0.5, 0.6) is 0 Å². The van der Waals surface area contributed by atoms with E-state index >= 15 is 0 Å². The minimum atomic E-state index is 0.267. The van der Waals surface area contributed by atoms with Gasteiger partial charge in [0.1, 0.15) is 0 Å². The third-order valence-corrected chi connectivity index (χ3v) is 4.17. The average molecular weight is 226 g/mol. The molecule has 0 bridgehead atoms. The molecule has 0 aromatic rings. The van der Waals surface area contributed by atoms with Gasteiger partial charge in [-0.25, -0.2) is 0 Å². The van der Waals surface area contributed by atoms with Crippen LogP contribution in [0.4, 0.5) is 0 Å². The zero-order valence-corrected chi connectivity index (χ0v) is 10.3. The van der Waals surface area contributed by atoms with Crippen LogP contribution >= 0.6 is 0 Å². The Bertz CT molecular complexity index is 184. The number of aliphatic hydroxyl groups excluding tert-OH is 1. The highest BCUT2D eigenvalue weighted by Crippen LogP contribution is 2.25. The Morgan fingerprint density at radius 3 is 2.31 bits per heavy atom. The van der Waals surface area contributed by atoms with Crippen LogP contribution < -0.4 is 5.32 Å². The summed E-state index contributed by atoms with van der Waals surface area (Å²) in [6.07, 6.45) is 9.70. The zero-order valence-electron chi connectivity index (χ0n) is 10.3. The van der Waals surface area contributed by atoms with Crippen molar-refractivity contribution in [3.05, 3.63) is 0 Å². The van der Waals surface area contributed by atoms with E-state index in [9.17, 15) is 0 Å². The smallest absolute Gasteiger partial charge is 0.0556 e. The van der Waals surface area contributed by atoms with E-state index in [1.165, 1.54) is 58.0 Å². The molecule has 0 spiro atoms. The molecule has 1 heterocycles. The molecule has 2 N–H and O–H groups in total. The van der Waals surface area contributed by atoms with Gasteiger partial charge >= 0.3 is 0 Å². The van der Waals surface area contributed by atoms with Crippen LogP contribution in [-0.2, 0) is 0 Å². The van der Waals surface area contributed by atoms with Crippen molar-refractivity contribution >= 4 is 0 Å². The van der Waals surface area contributed by atoms with Crippen molar-refractivity contribution in [2.24, 2.45) is 0 Å². The lowest BCUT2D eigenvalue weighted by Crippen LogP contribution is -2.47. The molecule has 0 aromatic heterocycles. The quantitative estimate of drug-likeness (QED) is 0.760. The van der Waals surface area contributed by atoms with E-state index in [0.717, 1.165) is 12.6 Å². The van der Waals surface area contributed by atoms with Crippen molar-refractivity contribution in [3.63, 3.8) is 0 Å². The molecule has 0 radical (unpaired) electrons. The van der Waals surface area contributed by atoms with E-state index in [-0.39, 0.29) is 6.61 Å². The van der Waals surface area contributed by atoms with Crippen molar-refractivity contribution in [1.82, 2.24) is 10.2 Å². The lowest BCUT2D eigenvalue weighted by molar-refractivity contribution is 0.114. The van der Waals surface area contributed by atoms with Gasteiger partial charge in [-0.05, 0) is 38.8 Å². The molecular formula is C13H26N2O. The molecule has 3 heteroatoms. The van der Waals surface area contributed by atoms with Crippen molar-refractivity contribution in [2.75, 3.05) is 26.2 Å². The highest BCUT2D eigenvalue weighted by Gasteiger charge is 2.25. The summed E-state index contributed by atoms with van der Waals surface area (Å²) in [7, 11) is 0. The van der Waals surface area contributed by atoms with Crippen LogP contribution in [0.25, 0.3) is 0 Å². The van der Waals surface area contributed by atoms with Crippen LogP contribution in [0.1, 0.15) is 44.9 Å². The monoisotopic (exact) mass is 226 g/mol. The molecule has 2 aliphatic rings. The van der Waals surface area contributed by atoms with Crippen LogP contribution in [0.15, 0.2) is 0 Å². The minimum absolute atomic E-state index is 0.267. The fourth-order valence-corrected chi connectivity index (χ4v) is 3.18. The van der Waals surface area contributed by atoms with Gasteiger partial charge in [0.15, 0.2) is 0 Å². The number of likely N-dealkylation sites (tertiary alicyclic amines) is 1. The number of aliphatic hydroxyl groups is 1. The predicted molar refractivity (Wildman–Crippen MR) is 66.6 cm³/mol. The average Bonchev–Trinajstić information content (AvgIpc) is 2.38. The third kappa shape index (κ3) is 3.44. The maximum atomic E-state index is 8.78. The first-order chi connectivity index (χ1) is 7.90. The summed E-state index contributed by atoms with van der Waals surface area (Å²) in [6.45, 7) is 3.54. The molecule has 94 valence electrons. The molecule has 1 saturated carbocycles. The van der Waals surface area contributed by atoms with Gasteiger partial charge < -0.3 is 15.3 Å². The van der Waals surface area contributed by atoms with Gasteiger partial charge in [0.2, 0.25) is 0 Å². The first kappa shape index (κ1) is 12.3. The lowest BCUT2D eigenvalue weighted by Gasteiger charge is -2.39. The number of rotatable bonds is 4. The Hall–Kier alpha value is -0.120. The first-order valence-electron chi connectivity index (χ1n) is 6.98. The second-order valence-corrected chi connectivity index (χ2v) is 5.28. The number of hydrogen-bond acceptors (Lipinski definition) is 3. The SMILES string of the molecule is OCCNC1CCN(C2CCCCC2)CC1. The summed E-state index contributed by atoms with van der Waals surface area (Å²) >= 11 is 0. The number of nitrogens with one attached hydrogen (secondary N) is 1. The van der Waals surface area contributed by atoms with E-state index in [1.807, 2.05) is 0 Å². The molecule has 0 amide bonds. The topological polar surface area (TPSA) is 35.5 Å². The molecule has 0 atom stereocenters. The number of nitrogens with zero attached hydrogens (tertiary/aromatic N) is 1. The number of hydrogen-bond donors (Lipinski definition) is 2. The molecule has 0 unspecified atom stereocenters. The van der Waals surface area contributed by atoms with Crippen molar-refractivity contribution in [2.45, 2.75) is 57.0 Å². The van der Waals surface area contributed by atoms with Crippen LogP contribution in [0.2, 0.25) is 0 Å². The summed E-state index contributed by atoms with van der Waals surface area (Å²) in [5, 5.41) is 12.2. The van der Waals surface area contributed by atoms with E-state index in [4.69, 9.17) is 5.11 Å². The Labute approximate surface area is 99.2 Å². The largest absolute Gasteiger partial charge is 0.395 e. The second kappa shape index (κ2) is 6.58. The Kier molecular flexibility index (Phi) is 5.07. The molecular weight excluding hydrogens is 200 g/mol. The minimum Gasteiger partial charge on any atom is -0.395 e. The van der Waals surface area contributed by atoms with Crippen LogP contribution in [-0.4, -0.2) is 48.3 Å².